The van der Waals surface area contributed by atoms with Crippen LogP contribution in [0.5, 0.6) is 5.75 Å². The number of rotatable bonds is 7. The van der Waals surface area contributed by atoms with Gasteiger partial charge in [-0.3, -0.25) is 19.7 Å². The third-order valence-electron chi connectivity index (χ3n) is 5.75. The van der Waals surface area contributed by atoms with Crippen molar-refractivity contribution in [3.8, 4) is 5.75 Å². The molecule has 178 valence electrons. The number of aliphatic hydroxyl groups is 1. The summed E-state index contributed by atoms with van der Waals surface area (Å²) < 4.78 is 10.9. The third-order valence-corrected chi connectivity index (χ3v) is 5.75. The van der Waals surface area contributed by atoms with E-state index >= 15 is 0 Å². The summed E-state index contributed by atoms with van der Waals surface area (Å²) >= 11 is 0. The minimum atomic E-state index is -1.12. The molecule has 1 aliphatic heterocycles. The number of benzene rings is 2. The lowest BCUT2D eigenvalue weighted by atomic mass is 10.2. The summed E-state index contributed by atoms with van der Waals surface area (Å²) in [6, 6.07) is 11.9. The second kappa shape index (κ2) is 9.79. The fourth-order valence-corrected chi connectivity index (χ4v) is 3.91. The van der Waals surface area contributed by atoms with Crippen LogP contribution in [0.15, 0.2) is 52.9 Å². The van der Waals surface area contributed by atoms with Crippen LogP contribution in [0.1, 0.15) is 10.6 Å². The molecule has 0 radical (unpaired) electrons. The smallest absolute Gasteiger partial charge is 0.287 e. The Morgan fingerprint density at radius 1 is 1.18 bits per heavy atom. The van der Waals surface area contributed by atoms with Crippen molar-refractivity contribution in [1.29, 1.82) is 0 Å². The summed E-state index contributed by atoms with van der Waals surface area (Å²) in [5.41, 5.74) is 1.26. The molecule has 1 aliphatic rings. The number of para-hydroxylation sites is 1. The largest absolute Gasteiger partial charge is 0.493 e. The Balaban J connectivity index is 1.37. The molecule has 0 bridgehead atoms. The molecule has 1 aromatic heterocycles. The number of fused-ring (bicyclic) bond motifs is 1. The second-order valence-electron chi connectivity index (χ2n) is 7.78. The highest BCUT2D eigenvalue weighted by Gasteiger charge is 2.29. The highest BCUT2D eigenvalue weighted by molar-refractivity contribution is 5.99. The Morgan fingerprint density at radius 2 is 1.88 bits per heavy atom. The third kappa shape index (κ3) is 4.64. The van der Waals surface area contributed by atoms with Crippen LogP contribution < -0.4 is 15.0 Å². The number of hydrogen-bond acceptors (Lipinski definition) is 8. The monoisotopic (exact) mass is 468 g/mol. The van der Waals surface area contributed by atoms with E-state index in [0.717, 1.165) is 5.69 Å². The van der Waals surface area contributed by atoms with Crippen molar-refractivity contribution in [2.45, 2.75) is 6.04 Å². The maximum Gasteiger partial charge on any atom is 0.287 e. The molecule has 34 heavy (non-hydrogen) atoms. The predicted octanol–water partition coefficient (Wildman–Crippen LogP) is 1.79. The van der Waals surface area contributed by atoms with Gasteiger partial charge in [0.1, 0.15) is 6.04 Å². The van der Waals surface area contributed by atoms with E-state index in [4.69, 9.17) is 9.15 Å². The number of ether oxygens (including phenoxy) is 1. The van der Waals surface area contributed by atoms with Gasteiger partial charge in [0.25, 0.3) is 11.6 Å². The Hall–Kier alpha value is -4.12. The lowest BCUT2D eigenvalue weighted by Crippen LogP contribution is -2.56. The average Bonchev–Trinajstić information content (AvgIpc) is 3.32. The highest BCUT2D eigenvalue weighted by Crippen LogP contribution is 2.28. The number of non-ortho nitro benzene ring substituents is 1. The van der Waals surface area contributed by atoms with E-state index < -0.39 is 29.4 Å². The maximum atomic E-state index is 12.9. The number of piperazine rings is 1. The van der Waals surface area contributed by atoms with Crippen LogP contribution in [0.25, 0.3) is 11.0 Å². The van der Waals surface area contributed by atoms with Gasteiger partial charge in [-0.2, -0.15) is 0 Å². The van der Waals surface area contributed by atoms with E-state index in [-0.39, 0.29) is 11.4 Å². The van der Waals surface area contributed by atoms with E-state index in [1.54, 1.807) is 41.3 Å². The SMILES string of the molecule is COc1cccc2cc(C(=O)N[C@@H](CO)C(=O)N3CCN(c4ccc([N+](=O)[O-])cc4)CC3)oc12. The molecule has 0 saturated carbocycles. The van der Waals surface area contributed by atoms with Crippen molar-refractivity contribution in [2.75, 3.05) is 44.8 Å². The van der Waals surface area contributed by atoms with Crippen LogP contribution in [-0.2, 0) is 4.79 Å². The highest BCUT2D eigenvalue weighted by atomic mass is 16.6. The van der Waals surface area contributed by atoms with E-state index in [0.29, 0.717) is 42.9 Å². The topological polar surface area (TPSA) is 138 Å². The van der Waals surface area contributed by atoms with E-state index in [9.17, 15) is 24.8 Å². The number of furan rings is 1. The minimum absolute atomic E-state index is 0.00809. The summed E-state index contributed by atoms with van der Waals surface area (Å²) in [6.45, 7) is 1.22. The van der Waals surface area contributed by atoms with Crippen LogP contribution in [0.3, 0.4) is 0 Å². The molecule has 2 amide bonds. The Morgan fingerprint density at radius 3 is 2.50 bits per heavy atom. The van der Waals surface area contributed by atoms with Gasteiger partial charge in [-0.05, 0) is 24.3 Å². The lowest BCUT2D eigenvalue weighted by molar-refractivity contribution is -0.384. The van der Waals surface area contributed by atoms with Crippen molar-refractivity contribution >= 4 is 34.2 Å². The van der Waals surface area contributed by atoms with Crippen LogP contribution in [0, 0.1) is 10.1 Å². The number of anilines is 1. The molecule has 0 spiro atoms. The van der Waals surface area contributed by atoms with Crippen molar-refractivity contribution in [1.82, 2.24) is 10.2 Å². The molecule has 4 rings (SSSR count). The van der Waals surface area contributed by atoms with Crippen LogP contribution in [-0.4, -0.2) is 72.7 Å². The minimum Gasteiger partial charge on any atom is -0.493 e. The fourth-order valence-electron chi connectivity index (χ4n) is 3.91. The molecule has 2 heterocycles. The first-order valence-corrected chi connectivity index (χ1v) is 10.7. The predicted molar refractivity (Wildman–Crippen MR) is 123 cm³/mol. The number of nitro groups is 1. The van der Waals surface area contributed by atoms with Crippen molar-refractivity contribution in [3.63, 3.8) is 0 Å². The number of aliphatic hydroxyl groups excluding tert-OH is 1. The van der Waals surface area contributed by atoms with Gasteiger partial charge >= 0.3 is 0 Å². The summed E-state index contributed by atoms with van der Waals surface area (Å²) in [5.74, 6) is -0.519. The molecule has 1 atom stereocenters. The van der Waals surface area contributed by atoms with Crippen LogP contribution in [0.4, 0.5) is 11.4 Å². The molecule has 0 unspecified atom stereocenters. The van der Waals surface area contributed by atoms with Crippen molar-refractivity contribution in [2.24, 2.45) is 0 Å². The number of nitrogens with one attached hydrogen (secondary N) is 1. The van der Waals surface area contributed by atoms with Crippen molar-refractivity contribution < 1.29 is 28.8 Å². The first-order valence-electron chi connectivity index (χ1n) is 10.7. The molecule has 11 heteroatoms. The zero-order chi connectivity index (χ0) is 24.2. The number of nitrogens with zero attached hydrogens (tertiary/aromatic N) is 3. The molecule has 1 fully saturated rings. The Bertz CT molecular complexity index is 1200. The maximum absolute atomic E-state index is 12.9. The average molecular weight is 468 g/mol. The van der Waals surface area contributed by atoms with Gasteiger partial charge in [-0.25, -0.2) is 0 Å². The molecule has 2 N–H and O–H groups in total. The Labute approximate surface area is 194 Å². The summed E-state index contributed by atoms with van der Waals surface area (Å²) in [4.78, 5) is 39.6. The van der Waals surface area contributed by atoms with Gasteiger partial charge in [0.2, 0.25) is 5.91 Å². The standard InChI is InChI=1S/C23H24N4O7/c1-33-19-4-2-3-15-13-20(34-21(15)19)22(29)24-18(14-28)23(30)26-11-9-25(10-12-26)16-5-7-17(8-6-16)27(31)32/h2-8,13,18,28H,9-12,14H2,1H3,(H,24,29)/t18-/m0/s1. The number of amides is 2. The molecule has 1 saturated heterocycles. The molecule has 3 aromatic rings. The second-order valence-corrected chi connectivity index (χ2v) is 7.78. The number of carbonyl (C=O) groups excluding carboxylic acids is 2. The number of methoxy groups -OCH3 is 1. The summed E-state index contributed by atoms with van der Waals surface area (Å²) in [7, 11) is 1.50. The zero-order valence-corrected chi connectivity index (χ0v) is 18.5. The van der Waals surface area contributed by atoms with Crippen LogP contribution in [0.2, 0.25) is 0 Å². The quantitative estimate of drug-likeness (QED) is 0.395. The number of carbonyl (C=O) groups is 2. The first-order chi connectivity index (χ1) is 16.4. The number of nitro benzene ring substituents is 1. The normalized spacial score (nSPS) is 14.6. The van der Waals surface area contributed by atoms with Gasteiger partial charge in [0.15, 0.2) is 17.1 Å². The van der Waals surface area contributed by atoms with Gasteiger partial charge < -0.3 is 29.4 Å². The molecular formula is C23H24N4O7. The van der Waals surface area contributed by atoms with Gasteiger partial charge in [0.05, 0.1) is 18.6 Å². The first kappa shape index (κ1) is 23.1. The van der Waals surface area contributed by atoms with Gasteiger partial charge in [-0.15, -0.1) is 0 Å². The van der Waals surface area contributed by atoms with Crippen LogP contribution >= 0.6 is 0 Å². The summed E-state index contributed by atoms with van der Waals surface area (Å²) in [6.07, 6.45) is 0. The van der Waals surface area contributed by atoms with E-state index in [2.05, 4.69) is 5.32 Å². The summed E-state index contributed by atoms with van der Waals surface area (Å²) in [5, 5.41) is 23.8. The number of hydrogen-bond donors (Lipinski definition) is 2. The molecule has 2 aromatic carbocycles. The molecule has 0 aliphatic carbocycles. The molecular weight excluding hydrogens is 444 g/mol. The lowest BCUT2D eigenvalue weighted by Gasteiger charge is -2.37. The zero-order valence-electron chi connectivity index (χ0n) is 18.5. The van der Waals surface area contributed by atoms with E-state index in [1.165, 1.54) is 19.2 Å². The molecule has 11 nitrogen and oxygen atoms in total. The fraction of sp³-hybridized carbons (Fsp3) is 0.304. The Kier molecular flexibility index (Phi) is 6.64. The van der Waals surface area contributed by atoms with Gasteiger partial charge in [0, 0.05) is 49.4 Å². The van der Waals surface area contributed by atoms with E-state index in [1.807, 2.05) is 4.90 Å². The van der Waals surface area contributed by atoms with Gasteiger partial charge in [-0.1, -0.05) is 12.1 Å². The van der Waals surface area contributed by atoms with Crippen molar-refractivity contribution in [3.05, 3.63) is 64.4 Å².